The Kier molecular flexibility index (Phi) is 10.4. The van der Waals surface area contributed by atoms with Crippen LogP contribution in [0.5, 0.6) is 0 Å². The average molecular weight is 481 g/mol. The number of rotatable bonds is 9. The number of guanidine groups is 1. The minimum absolute atomic E-state index is 0.114. The zero-order chi connectivity index (χ0) is 25.0. The van der Waals surface area contributed by atoms with Gasteiger partial charge in [-0.15, -0.1) is 0 Å². The lowest BCUT2D eigenvalue weighted by atomic mass is 9.80. The summed E-state index contributed by atoms with van der Waals surface area (Å²) in [6.07, 6.45) is 14.5. The van der Waals surface area contributed by atoms with E-state index in [4.69, 9.17) is 10.7 Å². The van der Waals surface area contributed by atoms with Crippen LogP contribution in [0.3, 0.4) is 0 Å². The molecular formula is C27H40N6O2. The van der Waals surface area contributed by atoms with Crippen molar-refractivity contribution in [3.05, 3.63) is 29.8 Å². The summed E-state index contributed by atoms with van der Waals surface area (Å²) in [4.78, 5) is 24.9. The highest BCUT2D eigenvalue weighted by Gasteiger charge is 2.27. The average Bonchev–Trinajstić information content (AvgIpc) is 2.88. The standard InChI is InChI=1S/C27H40N6O2/c1-33(19-34)26(29)30-25(15-10-20-6-3-2-4-7-20)17-22-8-5-9-24(16-22)32-27(35)31-23-13-11-21(18-28)12-14-23/h11-14,19-20,22,24-25H,2-10,15-17H2,1H3,(H2,29,30)(H2,31,32,35)/t22-,24+,25+/m0/s1. The quantitative estimate of drug-likeness (QED) is 0.226. The van der Waals surface area contributed by atoms with E-state index in [9.17, 15) is 9.59 Å². The molecule has 2 aliphatic rings. The first kappa shape index (κ1) is 26.5. The first-order valence-corrected chi connectivity index (χ1v) is 13.1. The molecule has 3 rings (SSSR count). The Balaban J connectivity index is 1.51. The van der Waals surface area contributed by atoms with Gasteiger partial charge in [-0.2, -0.15) is 5.26 Å². The van der Waals surface area contributed by atoms with Crippen LogP contribution in [0.2, 0.25) is 0 Å². The lowest BCUT2D eigenvalue weighted by molar-refractivity contribution is -0.114. The van der Waals surface area contributed by atoms with Crippen molar-refractivity contribution < 1.29 is 9.59 Å². The third-order valence-electron chi connectivity index (χ3n) is 7.51. The number of nitriles is 1. The van der Waals surface area contributed by atoms with Gasteiger partial charge in [-0.1, -0.05) is 44.9 Å². The molecule has 0 radical (unpaired) electrons. The van der Waals surface area contributed by atoms with E-state index in [1.54, 1.807) is 31.3 Å². The van der Waals surface area contributed by atoms with Crippen molar-refractivity contribution in [2.75, 3.05) is 12.4 Å². The number of hydrogen-bond donors (Lipinski definition) is 4. The number of carbonyl (C=O) groups is 2. The van der Waals surface area contributed by atoms with Crippen molar-refractivity contribution in [2.45, 2.75) is 89.1 Å². The molecule has 8 nitrogen and oxygen atoms in total. The molecule has 35 heavy (non-hydrogen) atoms. The Morgan fingerprint density at radius 2 is 1.86 bits per heavy atom. The van der Waals surface area contributed by atoms with E-state index in [1.165, 1.54) is 37.0 Å². The van der Waals surface area contributed by atoms with Crippen molar-refractivity contribution in [1.29, 1.82) is 10.7 Å². The fraction of sp³-hybridized carbons (Fsp3) is 0.630. The Hall–Kier alpha value is -3.08. The predicted octanol–water partition coefficient (Wildman–Crippen LogP) is 4.97. The normalized spacial score (nSPS) is 21.3. The highest BCUT2D eigenvalue weighted by Crippen LogP contribution is 2.32. The fourth-order valence-corrected chi connectivity index (χ4v) is 5.53. The molecule has 2 saturated carbocycles. The SMILES string of the molecule is CN(C=O)C(=N)N[C@H](CCC1CCCCC1)C[C@H]1CCC[C@@H](NC(=O)Nc2ccc(C#N)cc2)C1. The van der Waals surface area contributed by atoms with E-state index in [0.29, 0.717) is 23.6 Å². The number of urea groups is 1. The number of amides is 3. The van der Waals surface area contributed by atoms with Gasteiger partial charge in [-0.25, -0.2) is 4.79 Å². The second-order valence-electron chi connectivity index (χ2n) is 10.2. The highest BCUT2D eigenvalue weighted by molar-refractivity contribution is 5.89. The molecule has 0 aliphatic heterocycles. The molecule has 0 unspecified atom stereocenters. The van der Waals surface area contributed by atoms with Gasteiger partial charge in [0.25, 0.3) is 0 Å². The Bertz CT molecular complexity index is 875. The number of nitrogens with one attached hydrogen (secondary N) is 4. The predicted molar refractivity (Wildman–Crippen MR) is 138 cm³/mol. The van der Waals surface area contributed by atoms with Gasteiger partial charge >= 0.3 is 6.03 Å². The number of hydrogen-bond acceptors (Lipinski definition) is 4. The van der Waals surface area contributed by atoms with E-state index in [2.05, 4.69) is 22.0 Å². The molecule has 0 heterocycles. The van der Waals surface area contributed by atoms with Crippen LogP contribution in [0.1, 0.15) is 82.6 Å². The van der Waals surface area contributed by atoms with Crippen LogP contribution in [-0.4, -0.2) is 42.4 Å². The van der Waals surface area contributed by atoms with E-state index in [-0.39, 0.29) is 24.1 Å². The molecule has 3 amide bonds. The van der Waals surface area contributed by atoms with Gasteiger partial charge in [0.1, 0.15) is 0 Å². The molecule has 1 aromatic carbocycles. The summed E-state index contributed by atoms with van der Waals surface area (Å²) in [6.45, 7) is 0. The van der Waals surface area contributed by atoms with E-state index in [1.807, 2.05) is 0 Å². The number of carbonyl (C=O) groups excluding carboxylic acids is 2. The summed E-state index contributed by atoms with van der Waals surface area (Å²) < 4.78 is 0. The van der Waals surface area contributed by atoms with Gasteiger partial charge in [-0.05, 0) is 68.2 Å². The van der Waals surface area contributed by atoms with E-state index < -0.39 is 0 Å². The third-order valence-corrected chi connectivity index (χ3v) is 7.51. The topological polar surface area (TPSA) is 121 Å². The molecule has 2 fully saturated rings. The van der Waals surface area contributed by atoms with Crippen LogP contribution in [0.4, 0.5) is 10.5 Å². The van der Waals surface area contributed by atoms with E-state index >= 15 is 0 Å². The molecule has 0 saturated heterocycles. The van der Waals surface area contributed by atoms with Crippen molar-refractivity contribution in [2.24, 2.45) is 11.8 Å². The number of benzene rings is 1. The molecule has 2 aliphatic carbocycles. The monoisotopic (exact) mass is 480 g/mol. The molecule has 0 bridgehead atoms. The lowest BCUT2D eigenvalue weighted by Crippen LogP contribution is -2.45. The van der Waals surface area contributed by atoms with Gasteiger partial charge in [0, 0.05) is 24.8 Å². The summed E-state index contributed by atoms with van der Waals surface area (Å²) in [5, 5.41) is 26.4. The van der Waals surface area contributed by atoms with Crippen LogP contribution in [0.25, 0.3) is 0 Å². The van der Waals surface area contributed by atoms with Gasteiger partial charge in [0.05, 0.1) is 11.6 Å². The maximum Gasteiger partial charge on any atom is 0.319 e. The van der Waals surface area contributed by atoms with E-state index in [0.717, 1.165) is 50.9 Å². The second kappa shape index (κ2) is 13.7. The molecule has 1 aromatic rings. The lowest BCUT2D eigenvalue weighted by Gasteiger charge is -2.33. The minimum Gasteiger partial charge on any atom is -0.353 e. The fourth-order valence-electron chi connectivity index (χ4n) is 5.53. The summed E-state index contributed by atoms with van der Waals surface area (Å²) in [7, 11) is 1.60. The van der Waals surface area contributed by atoms with Crippen LogP contribution < -0.4 is 16.0 Å². The summed E-state index contributed by atoms with van der Waals surface area (Å²) >= 11 is 0. The maximum absolute atomic E-state index is 12.5. The molecule has 0 aromatic heterocycles. The third kappa shape index (κ3) is 8.89. The van der Waals surface area contributed by atoms with Crippen LogP contribution in [0, 0.1) is 28.6 Å². The maximum atomic E-state index is 12.5. The second-order valence-corrected chi connectivity index (χ2v) is 10.2. The van der Waals surface area contributed by atoms with Gasteiger partial charge < -0.3 is 16.0 Å². The molecular weight excluding hydrogens is 440 g/mol. The Morgan fingerprint density at radius 3 is 2.54 bits per heavy atom. The zero-order valence-electron chi connectivity index (χ0n) is 20.9. The smallest absolute Gasteiger partial charge is 0.319 e. The number of anilines is 1. The minimum atomic E-state index is -0.221. The molecule has 4 N–H and O–H groups in total. The molecule has 8 heteroatoms. The number of nitrogens with zero attached hydrogens (tertiary/aromatic N) is 2. The Morgan fingerprint density at radius 1 is 1.14 bits per heavy atom. The molecule has 0 spiro atoms. The van der Waals surface area contributed by atoms with Gasteiger partial charge in [-0.3, -0.25) is 15.1 Å². The summed E-state index contributed by atoms with van der Waals surface area (Å²) in [6, 6.07) is 8.96. The Labute approximate surface area is 209 Å². The first-order valence-electron chi connectivity index (χ1n) is 13.1. The van der Waals surface area contributed by atoms with Crippen LogP contribution in [-0.2, 0) is 4.79 Å². The van der Waals surface area contributed by atoms with Gasteiger partial charge in [0.15, 0.2) is 5.96 Å². The largest absolute Gasteiger partial charge is 0.353 e. The molecule has 3 atom stereocenters. The zero-order valence-corrected chi connectivity index (χ0v) is 20.9. The van der Waals surface area contributed by atoms with Crippen molar-refractivity contribution in [1.82, 2.24) is 15.5 Å². The van der Waals surface area contributed by atoms with Crippen molar-refractivity contribution >= 4 is 24.1 Å². The molecule has 190 valence electrons. The van der Waals surface area contributed by atoms with Crippen molar-refractivity contribution in [3.8, 4) is 6.07 Å². The highest BCUT2D eigenvalue weighted by atomic mass is 16.2. The van der Waals surface area contributed by atoms with Crippen molar-refractivity contribution in [3.63, 3.8) is 0 Å². The van der Waals surface area contributed by atoms with Crippen LogP contribution >= 0.6 is 0 Å². The summed E-state index contributed by atoms with van der Waals surface area (Å²) in [5.74, 6) is 1.39. The van der Waals surface area contributed by atoms with Gasteiger partial charge in [0.2, 0.25) is 6.41 Å². The first-order chi connectivity index (χ1) is 17.0. The van der Waals surface area contributed by atoms with Crippen LogP contribution in [0.15, 0.2) is 24.3 Å². The summed E-state index contributed by atoms with van der Waals surface area (Å²) in [5.41, 5.74) is 1.23.